The Morgan fingerprint density at radius 3 is 2.63 bits per heavy atom. The maximum absolute atomic E-state index is 11.4. The molecule has 1 amide bonds. The van der Waals surface area contributed by atoms with Crippen molar-refractivity contribution in [3.05, 3.63) is 11.4 Å². The highest BCUT2D eigenvalue weighted by atomic mass is 16.5. The predicted octanol–water partition coefficient (Wildman–Crippen LogP) is 1.25. The van der Waals surface area contributed by atoms with E-state index < -0.39 is 5.91 Å². The molecule has 0 aliphatic heterocycles. The molecule has 6 heteroatoms. The van der Waals surface area contributed by atoms with Crippen molar-refractivity contribution < 1.29 is 9.53 Å². The minimum absolute atomic E-state index is 0.297. The van der Waals surface area contributed by atoms with Crippen LogP contribution in [0.25, 0.3) is 0 Å². The first-order valence-electron chi connectivity index (χ1n) is 6.66. The van der Waals surface area contributed by atoms with Crippen molar-refractivity contribution in [1.29, 1.82) is 0 Å². The average molecular weight is 268 g/mol. The van der Waals surface area contributed by atoms with Gasteiger partial charge < -0.3 is 10.5 Å². The van der Waals surface area contributed by atoms with Gasteiger partial charge in [0.05, 0.1) is 12.3 Å². The van der Waals surface area contributed by atoms with Gasteiger partial charge in [-0.3, -0.25) is 4.79 Å². The van der Waals surface area contributed by atoms with Crippen LogP contribution in [-0.4, -0.2) is 34.6 Å². The van der Waals surface area contributed by atoms with Crippen molar-refractivity contribution in [3.8, 4) is 0 Å². The number of amides is 1. The molecule has 0 bridgehead atoms. The number of nitrogens with two attached hydrogens (primary N) is 1. The second kappa shape index (κ2) is 7.23. The fourth-order valence-electron chi connectivity index (χ4n) is 1.98. The van der Waals surface area contributed by atoms with Gasteiger partial charge in [-0.15, -0.1) is 5.10 Å². The third kappa shape index (κ3) is 4.63. The third-order valence-electron chi connectivity index (χ3n) is 2.97. The molecule has 1 aromatic rings. The van der Waals surface area contributed by atoms with E-state index >= 15 is 0 Å². The Labute approximate surface area is 114 Å². The Morgan fingerprint density at radius 2 is 2.11 bits per heavy atom. The fourth-order valence-corrected chi connectivity index (χ4v) is 1.98. The van der Waals surface area contributed by atoms with Crippen molar-refractivity contribution in [1.82, 2.24) is 15.0 Å². The van der Waals surface area contributed by atoms with Crippen LogP contribution < -0.4 is 5.73 Å². The Bertz CT molecular complexity index is 415. The van der Waals surface area contributed by atoms with Gasteiger partial charge >= 0.3 is 0 Å². The summed E-state index contributed by atoms with van der Waals surface area (Å²) in [5.74, 6) is 0.357. The molecule has 0 aliphatic carbocycles. The van der Waals surface area contributed by atoms with E-state index in [9.17, 15) is 4.79 Å². The number of carbonyl (C=O) groups is 1. The molecule has 0 radical (unpaired) electrons. The lowest BCUT2D eigenvalue weighted by atomic mass is 10.0. The van der Waals surface area contributed by atoms with Crippen molar-refractivity contribution >= 4 is 5.91 Å². The highest BCUT2D eigenvalue weighted by Gasteiger charge is 2.18. The number of ether oxygens (including phenoxy) is 1. The molecule has 1 unspecified atom stereocenters. The first-order chi connectivity index (χ1) is 8.95. The van der Waals surface area contributed by atoms with Gasteiger partial charge in [0, 0.05) is 13.7 Å². The molecule has 6 nitrogen and oxygen atoms in total. The molecule has 1 atom stereocenters. The summed E-state index contributed by atoms with van der Waals surface area (Å²) in [6.07, 6.45) is 1.74. The van der Waals surface area contributed by atoms with Crippen molar-refractivity contribution in [2.45, 2.75) is 40.2 Å². The Hall–Kier alpha value is -1.43. The SMILES string of the molecule is COCC(C)Cn1nnc(C(N)=O)c1CCC(C)C. The van der Waals surface area contributed by atoms with E-state index in [2.05, 4.69) is 31.1 Å². The van der Waals surface area contributed by atoms with E-state index in [1.807, 2.05) is 0 Å². The Kier molecular flexibility index (Phi) is 5.95. The summed E-state index contributed by atoms with van der Waals surface area (Å²) < 4.78 is 6.90. The molecule has 1 aromatic heterocycles. The lowest BCUT2D eigenvalue weighted by Crippen LogP contribution is -2.19. The van der Waals surface area contributed by atoms with E-state index in [1.165, 1.54) is 0 Å². The van der Waals surface area contributed by atoms with Gasteiger partial charge in [-0.2, -0.15) is 0 Å². The molecule has 0 saturated carbocycles. The van der Waals surface area contributed by atoms with E-state index in [-0.39, 0.29) is 0 Å². The average Bonchev–Trinajstić information content (AvgIpc) is 2.69. The molecule has 0 fully saturated rings. The molecule has 0 aromatic carbocycles. The van der Waals surface area contributed by atoms with Crippen molar-refractivity contribution in [3.63, 3.8) is 0 Å². The summed E-state index contributed by atoms with van der Waals surface area (Å²) in [6, 6.07) is 0. The Morgan fingerprint density at radius 1 is 1.42 bits per heavy atom. The monoisotopic (exact) mass is 268 g/mol. The summed E-state index contributed by atoms with van der Waals surface area (Å²) in [5, 5.41) is 7.95. The third-order valence-corrected chi connectivity index (χ3v) is 2.97. The van der Waals surface area contributed by atoms with E-state index in [4.69, 9.17) is 10.5 Å². The van der Waals surface area contributed by atoms with Crippen LogP contribution >= 0.6 is 0 Å². The molecule has 0 aliphatic rings. The number of aromatic nitrogens is 3. The van der Waals surface area contributed by atoms with Gasteiger partial charge in [-0.1, -0.05) is 26.0 Å². The van der Waals surface area contributed by atoms with Crippen LogP contribution in [0.2, 0.25) is 0 Å². The maximum atomic E-state index is 11.4. The maximum Gasteiger partial charge on any atom is 0.271 e. The topological polar surface area (TPSA) is 83.0 Å². The molecule has 0 spiro atoms. The molecule has 2 N–H and O–H groups in total. The number of methoxy groups -OCH3 is 1. The van der Waals surface area contributed by atoms with Gasteiger partial charge in [0.15, 0.2) is 5.69 Å². The lowest BCUT2D eigenvalue weighted by molar-refractivity contribution is 0.0994. The summed E-state index contributed by atoms with van der Waals surface area (Å²) in [7, 11) is 1.67. The number of hydrogen-bond acceptors (Lipinski definition) is 4. The molecule has 1 rings (SSSR count). The van der Waals surface area contributed by atoms with Crippen LogP contribution in [-0.2, 0) is 17.7 Å². The minimum atomic E-state index is -0.510. The highest BCUT2D eigenvalue weighted by molar-refractivity contribution is 5.91. The number of primary amides is 1. The number of hydrogen-bond donors (Lipinski definition) is 1. The molecular formula is C13H24N4O2. The molecule has 0 saturated heterocycles. The molecular weight excluding hydrogens is 244 g/mol. The summed E-state index contributed by atoms with van der Waals surface area (Å²) in [4.78, 5) is 11.4. The van der Waals surface area contributed by atoms with Gasteiger partial charge in [-0.25, -0.2) is 4.68 Å². The van der Waals surface area contributed by atoms with Crippen LogP contribution in [0.1, 0.15) is 43.4 Å². The summed E-state index contributed by atoms with van der Waals surface area (Å²) in [5.41, 5.74) is 6.48. The van der Waals surface area contributed by atoms with E-state index in [0.717, 1.165) is 18.5 Å². The van der Waals surface area contributed by atoms with Gasteiger partial charge in [0.1, 0.15) is 0 Å². The number of nitrogens with zero attached hydrogens (tertiary/aromatic N) is 3. The molecule has 108 valence electrons. The minimum Gasteiger partial charge on any atom is -0.384 e. The van der Waals surface area contributed by atoms with Crippen molar-refractivity contribution in [2.24, 2.45) is 17.6 Å². The van der Waals surface area contributed by atoms with Crippen LogP contribution in [0.5, 0.6) is 0 Å². The standard InChI is InChI=1S/C13H24N4O2/c1-9(2)5-6-11-12(13(14)18)15-16-17(11)7-10(3)8-19-4/h9-10H,5-8H2,1-4H3,(H2,14,18). The van der Waals surface area contributed by atoms with Crippen LogP contribution in [0.15, 0.2) is 0 Å². The Balaban J connectivity index is 2.87. The molecule has 19 heavy (non-hydrogen) atoms. The van der Waals surface area contributed by atoms with Gasteiger partial charge in [0.2, 0.25) is 0 Å². The quantitative estimate of drug-likeness (QED) is 0.769. The van der Waals surface area contributed by atoms with E-state index in [1.54, 1.807) is 11.8 Å². The van der Waals surface area contributed by atoms with Crippen molar-refractivity contribution in [2.75, 3.05) is 13.7 Å². The normalized spacial score (nSPS) is 12.9. The summed E-state index contributed by atoms with van der Waals surface area (Å²) in [6.45, 7) is 7.69. The zero-order chi connectivity index (χ0) is 14.4. The zero-order valence-electron chi connectivity index (χ0n) is 12.2. The summed E-state index contributed by atoms with van der Waals surface area (Å²) >= 11 is 0. The second-order valence-corrected chi connectivity index (χ2v) is 5.42. The number of carbonyl (C=O) groups excluding carboxylic acids is 1. The zero-order valence-corrected chi connectivity index (χ0v) is 12.2. The van der Waals surface area contributed by atoms with Crippen LogP contribution in [0, 0.1) is 11.8 Å². The first-order valence-corrected chi connectivity index (χ1v) is 6.66. The predicted molar refractivity (Wildman–Crippen MR) is 72.7 cm³/mol. The largest absolute Gasteiger partial charge is 0.384 e. The smallest absolute Gasteiger partial charge is 0.271 e. The second-order valence-electron chi connectivity index (χ2n) is 5.42. The van der Waals surface area contributed by atoms with Crippen LogP contribution in [0.4, 0.5) is 0 Å². The molecule has 1 heterocycles. The van der Waals surface area contributed by atoms with Crippen LogP contribution in [0.3, 0.4) is 0 Å². The van der Waals surface area contributed by atoms with Gasteiger partial charge in [-0.05, 0) is 24.7 Å². The number of rotatable bonds is 8. The van der Waals surface area contributed by atoms with E-state index in [0.29, 0.717) is 30.7 Å². The van der Waals surface area contributed by atoms with Gasteiger partial charge in [0.25, 0.3) is 5.91 Å². The first kappa shape index (κ1) is 15.6. The highest BCUT2D eigenvalue weighted by Crippen LogP contribution is 2.14. The fraction of sp³-hybridized carbons (Fsp3) is 0.769. The lowest BCUT2D eigenvalue weighted by Gasteiger charge is -2.13.